The van der Waals surface area contributed by atoms with Gasteiger partial charge in [0, 0.05) is 44.5 Å². The summed E-state index contributed by atoms with van der Waals surface area (Å²) in [5.74, 6) is -3.37. The van der Waals surface area contributed by atoms with Crippen LogP contribution < -0.4 is 0 Å². The van der Waals surface area contributed by atoms with Gasteiger partial charge in [-0.2, -0.15) is 0 Å². The number of carbonyl (C=O) groups is 2. The van der Waals surface area contributed by atoms with E-state index >= 15 is 0 Å². The third kappa shape index (κ3) is 11.9. The van der Waals surface area contributed by atoms with Crippen LogP contribution in [-0.2, 0) is 38.0 Å². The highest BCUT2D eigenvalue weighted by molar-refractivity contribution is 5.73. The standard InChI is InChI=1S/C43H80N2O13/c1-15-32-43(11,52)36(48)28(7)45(13)23-24(3)21-41(9,51)38(58-40-35(47)30(20-25(4)55-40)44(12)19-17-18-33(46)54-16-2)26(5)34(27(6)39(50)57-32)31-22-42(10,53-14)37(49)29(8)56-31/h24-32,34-38,40,47-49,51-52H,15-23H2,1-14H3/t24-,25-,26+,27-,28-,29+,30+,31?,32-,34+,35-,36-,37+,38-,40+,41-,42-,43-/m1/s1. The normalized spacial score (nSPS) is 45.6. The smallest absolute Gasteiger partial charge is 0.309 e. The zero-order valence-corrected chi connectivity index (χ0v) is 37.9. The molecule has 0 aromatic heterocycles. The van der Waals surface area contributed by atoms with E-state index in [4.69, 9.17) is 28.4 Å². The molecule has 58 heavy (non-hydrogen) atoms. The molecule has 3 fully saturated rings. The van der Waals surface area contributed by atoms with E-state index in [-0.39, 0.29) is 43.7 Å². The Bertz CT molecular complexity index is 1300. The maximum Gasteiger partial charge on any atom is 0.309 e. The fraction of sp³-hybridized carbons (Fsp3) is 0.953. The average molecular weight is 833 g/mol. The number of esters is 2. The Balaban J connectivity index is 2.15. The summed E-state index contributed by atoms with van der Waals surface area (Å²) in [6.07, 6.45) is -6.45. The van der Waals surface area contributed by atoms with Crippen molar-refractivity contribution < 1.29 is 63.5 Å². The van der Waals surface area contributed by atoms with Gasteiger partial charge in [0.15, 0.2) is 6.29 Å². The molecule has 18 atom stereocenters. The highest BCUT2D eigenvalue weighted by Crippen LogP contribution is 2.45. The summed E-state index contributed by atoms with van der Waals surface area (Å²) < 4.78 is 36.9. The number of methoxy groups -OCH3 is 1. The second-order valence-electron chi connectivity index (χ2n) is 18.7. The van der Waals surface area contributed by atoms with Crippen LogP contribution in [0.2, 0.25) is 0 Å². The first-order valence-corrected chi connectivity index (χ1v) is 21.6. The van der Waals surface area contributed by atoms with Crippen molar-refractivity contribution in [3.05, 3.63) is 0 Å². The molecular weight excluding hydrogens is 752 g/mol. The molecule has 0 aliphatic carbocycles. The Morgan fingerprint density at radius 3 is 2.21 bits per heavy atom. The minimum Gasteiger partial charge on any atom is -0.466 e. The molecule has 5 N–H and O–H groups in total. The van der Waals surface area contributed by atoms with Crippen LogP contribution in [0.25, 0.3) is 0 Å². The number of rotatable bonds is 11. The van der Waals surface area contributed by atoms with Gasteiger partial charge in [-0.25, -0.2) is 0 Å². The van der Waals surface area contributed by atoms with E-state index < -0.39 is 102 Å². The lowest BCUT2D eigenvalue weighted by atomic mass is 9.68. The van der Waals surface area contributed by atoms with Crippen molar-refractivity contribution in [3.8, 4) is 0 Å². The Hall–Kier alpha value is -1.50. The summed E-state index contributed by atoms with van der Waals surface area (Å²) in [7, 11) is 5.26. The van der Waals surface area contributed by atoms with Gasteiger partial charge in [-0.3, -0.25) is 9.59 Å². The predicted octanol–water partition coefficient (Wildman–Crippen LogP) is 2.89. The number of nitrogens with zero attached hydrogens (tertiary/aromatic N) is 2. The molecule has 15 nitrogen and oxygen atoms in total. The number of hydrogen-bond acceptors (Lipinski definition) is 15. The van der Waals surface area contributed by atoms with Crippen molar-refractivity contribution in [2.45, 2.75) is 199 Å². The van der Waals surface area contributed by atoms with E-state index in [9.17, 15) is 35.1 Å². The van der Waals surface area contributed by atoms with Gasteiger partial charge < -0.3 is 63.8 Å². The molecule has 3 heterocycles. The van der Waals surface area contributed by atoms with Crippen molar-refractivity contribution >= 4 is 11.9 Å². The number of hydrogen-bond donors (Lipinski definition) is 5. The topological polar surface area (TPSA) is 197 Å². The van der Waals surface area contributed by atoms with Gasteiger partial charge in [-0.15, -0.1) is 0 Å². The van der Waals surface area contributed by atoms with Gasteiger partial charge >= 0.3 is 11.9 Å². The van der Waals surface area contributed by atoms with E-state index in [1.54, 1.807) is 48.5 Å². The van der Waals surface area contributed by atoms with E-state index in [1.165, 1.54) is 14.0 Å². The molecule has 0 radical (unpaired) electrons. The second kappa shape index (κ2) is 21.0. The molecule has 0 saturated carbocycles. The number of aliphatic hydroxyl groups excluding tert-OH is 3. The highest BCUT2D eigenvalue weighted by Gasteiger charge is 2.55. The Morgan fingerprint density at radius 2 is 1.62 bits per heavy atom. The third-order valence-electron chi connectivity index (χ3n) is 13.7. The Morgan fingerprint density at radius 1 is 0.983 bits per heavy atom. The molecule has 3 saturated heterocycles. The first-order chi connectivity index (χ1) is 26.9. The highest BCUT2D eigenvalue weighted by atomic mass is 16.7. The first kappa shape index (κ1) is 50.9. The monoisotopic (exact) mass is 833 g/mol. The fourth-order valence-corrected chi connectivity index (χ4v) is 10.1. The molecule has 340 valence electrons. The van der Waals surface area contributed by atoms with Crippen LogP contribution in [0.15, 0.2) is 0 Å². The molecule has 0 spiro atoms. The minimum absolute atomic E-state index is 0.161. The SMILES string of the molecule is CCOC(=O)CCCN(C)[C@H]1C[C@@H](C)O[C@@H](O[C@@H]2[C@@H](C)[C@H](C3C[C@@](C)(OC)[C@@H](O)[C@H](C)O3)[C@@H](C)C(=O)O[C@H](CC)[C@@](C)(O)[C@H](O)[C@@H](C)N(C)C[C@H](C)C[C@@]2(C)O)[C@@H]1O. The first-order valence-electron chi connectivity index (χ1n) is 21.6. The maximum atomic E-state index is 14.5. The van der Waals surface area contributed by atoms with Gasteiger partial charge in [-0.05, 0) is 107 Å². The summed E-state index contributed by atoms with van der Waals surface area (Å²) in [6.45, 7) is 20.9. The fourth-order valence-electron chi connectivity index (χ4n) is 10.1. The largest absolute Gasteiger partial charge is 0.466 e. The van der Waals surface area contributed by atoms with Crippen LogP contribution in [0.5, 0.6) is 0 Å². The summed E-state index contributed by atoms with van der Waals surface area (Å²) in [5, 5.41) is 59.3. The third-order valence-corrected chi connectivity index (χ3v) is 13.7. The number of carbonyl (C=O) groups excluding carboxylic acids is 2. The summed E-state index contributed by atoms with van der Waals surface area (Å²) in [6, 6.07) is -0.945. The quantitative estimate of drug-likeness (QED) is 0.191. The van der Waals surface area contributed by atoms with E-state index in [0.717, 1.165) is 0 Å². The van der Waals surface area contributed by atoms with Gasteiger partial charge in [-0.1, -0.05) is 27.7 Å². The van der Waals surface area contributed by atoms with E-state index in [0.29, 0.717) is 32.5 Å². The van der Waals surface area contributed by atoms with Gasteiger partial charge in [0.05, 0.1) is 48.1 Å². The van der Waals surface area contributed by atoms with Gasteiger partial charge in [0.2, 0.25) is 0 Å². The van der Waals surface area contributed by atoms with Crippen molar-refractivity contribution in [2.24, 2.45) is 23.7 Å². The lowest BCUT2D eigenvalue weighted by Gasteiger charge is -2.51. The minimum atomic E-state index is -1.80. The molecule has 1 unspecified atom stereocenters. The molecular formula is C43H80N2O13. The molecule has 0 aromatic rings. The summed E-state index contributed by atoms with van der Waals surface area (Å²) in [4.78, 5) is 30.4. The lowest BCUT2D eigenvalue weighted by molar-refractivity contribution is -0.303. The molecule has 3 aliphatic rings. The van der Waals surface area contributed by atoms with Crippen molar-refractivity contribution in [1.29, 1.82) is 0 Å². The van der Waals surface area contributed by atoms with E-state index in [2.05, 4.69) is 0 Å². The Labute approximate surface area is 348 Å². The molecule has 0 bridgehead atoms. The zero-order valence-electron chi connectivity index (χ0n) is 37.9. The number of aliphatic hydroxyl groups is 5. The van der Waals surface area contributed by atoms with Gasteiger partial charge in [0.1, 0.15) is 30.0 Å². The molecule has 0 amide bonds. The van der Waals surface area contributed by atoms with Crippen LogP contribution >= 0.6 is 0 Å². The molecule has 15 heteroatoms. The number of ether oxygens (including phenoxy) is 6. The molecule has 3 aliphatic heterocycles. The maximum absolute atomic E-state index is 14.5. The van der Waals surface area contributed by atoms with E-state index in [1.807, 2.05) is 44.7 Å². The zero-order chi connectivity index (χ0) is 44.1. The van der Waals surface area contributed by atoms with Crippen LogP contribution in [0.1, 0.15) is 115 Å². The summed E-state index contributed by atoms with van der Waals surface area (Å²) in [5.41, 5.74) is -4.42. The average Bonchev–Trinajstić information content (AvgIpc) is 3.14. The Kier molecular flexibility index (Phi) is 18.5. The molecule has 3 rings (SSSR count). The second-order valence-corrected chi connectivity index (χ2v) is 18.7. The number of cyclic esters (lactones) is 1. The van der Waals surface area contributed by atoms with Crippen molar-refractivity contribution in [1.82, 2.24) is 9.80 Å². The van der Waals surface area contributed by atoms with Crippen LogP contribution in [0.3, 0.4) is 0 Å². The van der Waals surface area contributed by atoms with Crippen LogP contribution in [-0.4, -0.2) is 172 Å². The predicted molar refractivity (Wildman–Crippen MR) is 218 cm³/mol. The van der Waals surface area contributed by atoms with Gasteiger partial charge in [0.25, 0.3) is 0 Å². The van der Waals surface area contributed by atoms with Crippen LogP contribution in [0.4, 0.5) is 0 Å². The summed E-state index contributed by atoms with van der Waals surface area (Å²) >= 11 is 0. The lowest BCUT2D eigenvalue weighted by Crippen LogP contribution is -2.62. The molecule has 0 aromatic carbocycles. The van der Waals surface area contributed by atoms with Crippen LogP contribution in [0, 0.1) is 23.7 Å². The van der Waals surface area contributed by atoms with Crippen molar-refractivity contribution in [2.75, 3.05) is 40.9 Å². The van der Waals surface area contributed by atoms with Crippen molar-refractivity contribution in [3.63, 3.8) is 0 Å². The number of likely N-dealkylation sites (N-methyl/N-ethyl adjacent to an activating group) is 2.